The second kappa shape index (κ2) is 6.00. The standard InChI is InChI=1S/C11H12N2O6S2/c14-11(15)10-5-20-7-12(10)21(18,19)6-8-1-3-9(4-2-8)13(16)17/h1-4,10H,5-7H2,(H,14,15). The maximum absolute atomic E-state index is 12.3. The van der Waals surface area contributed by atoms with Gasteiger partial charge >= 0.3 is 5.97 Å². The highest BCUT2D eigenvalue weighted by molar-refractivity contribution is 8.00. The van der Waals surface area contributed by atoms with Crippen LogP contribution in [0.2, 0.25) is 0 Å². The van der Waals surface area contributed by atoms with Gasteiger partial charge in [-0.15, -0.1) is 11.8 Å². The highest BCUT2D eigenvalue weighted by Crippen LogP contribution is 2.26. The summed E-state index contributed by atoms with van der Waals surface area (Å²) >= 11 is 1.24. The van der Waals surface area contributed by atoms with E-state index in [9.17, 15) is 23.3 Å². The molecule has 1 heterocycles. The molecule has 0 bridgehead atoms. The van der Waals surface area contributed by atoms with Gasteiger partial charge in [-0.2, -0.15) is 4.31 Å². The zero-order valence-corrected chi connectivity index (χ0v) is 12.3. The molecule has 0 aliphatic carbocycles. The van der Waals surface area contributed by atoms with E-state index in [1.165, 1.54) is 36.0 Å². The molecular formula is C11H12N2O6S2. The summed E-state index contributed by atoms with van der Waals surface area (Å²) in [5, 5.41) is 19.6. The molecule has 0 aromatic heterocycles. The minimum Gasteiger partial charge on any atom is -0.480 e. The maximum Gasteiger partial charge on any atom is 0.322 e. The molecule has 1 aliphatic rings. The molecule has 1 fully saturated rings. The van der Waals surface area contributed by atoms with E-state index in [-0.39, 0.29) is 23.1 Å². The van der Waals surface area contributed by atoms with Crippen molar-refractivity contribution in [3.8, 4) is 0 Å². The SMILES string of the molecule is O=C(O)C1CSCN1S(=O)(=O)Cc1ccc([N+](=O)[O-])cc1. The number of nitro benzene ring substituents is 1. The van der Waals surface area contributed by atoms with E-state index in [1.807, 2.05) is 0 Å². The van der Waals surface area contributed by atoms with Crippen LogP contribution in [0.15, 0.2) is 24.3 Å². The van der Waals surface area contributed by atoms with Crippen molar-refractivity contribution in [1.29, 1.82) is 0 Å². The van der Waals surface area contributed by atoms with Gasteiger partial charge in [0.2, 0.25) is 10.0 Å². The topological polar surface area (TPSA) is 118 Å². The van der Waals surface area contributed by atoms with Crippen LogP contribution in [0, 0.1) is 10.1 Å². The van der Waals surface area contributed by atoms with Crippen LogP contribution in [0.1, 0.15) is 5.56 Å². The molecule has 1 N–H and O–H groups in total. The molecule has 0 spiro atoms. The quantitative estimate of drug-likeness (QED) is 0.628. The van der Waals surface area contributed by atoms with Gasteiger partial charge in [-0.1, -0.05) is 12.1 Å². The Labute approximate surface area is 125 Å². The van der Waals surface area contributed by atoms with Gasteiger partial charge in [-0.3, -0.25) is 14.9 Å². The third kappa shape index (κ3) is 3.52. The van der Waals surface area contributed by atoms with Gasteiger partial charge in [-0.05, 0) is 5.56 Å². The lowest BCUT2D eigenvalue weighted by Crippen LogP contribution is -2.42. The third-order valence-electron chi connectivity index (χ3n) is 2.98. The van der Waals surface area contributed by atoms with Crippen molar-refractivity contribution in [1.82, 2.24) is 4.31 Å². The fraction of sp³-hybridized carbons (Fsp3) is 0.364. The van der Waals surface area contributed by atoms with Crippen molar-refractivity contribution in [3.63, 3.8) is 0 Å². The molecule has 1 unspecified atom stereocenters. The van der Waals surface area contributed by atoms with E-state index < -0.39 is 27.0 Å². The lowest BCUT2D eigenvalue weighted by Gasteiger charge is -2.19. The normalized spacial score (nSPS) is 19.5. The van der Waals surface area contributed by atoms with Crippen molar-refractivity contribution in [3.05, 3.63) is 39.9 Å². The number of carbonyl (C=O) groups is 1. The zero-order valence-electron chi connectivity index (χ0n) is 10.7. The molecular weight excluding hydrogens is 320 g/mol. The smallest absolute Gasteiger partial charge is 0.322 e. The van der Waals surface area contributed by atoms with E-state index in [4.69, 9.17) is 5.11 Å². The largest absolute Gasteiger partial charge is 0.480 e. The number of benzene rings is 1. The van der Waals surface area contributed by atoms with E-state index in [1.54, 1.807) is 0 Å². The number of carboxylic acids is 1. The van der Waals surface area contributed by atoms with Crippen molar-refractivity contribution in [2.24, 2.45) is 0 Å². The van der Waals surface area contributed by atoms with E-state index in [0.29, 0.717) is 5.56 Å². The summed E-state index contributed by atoms with van der Waals surface area (Å²) < 4.78 is 25.5. The summed E-state index contributed by atoms with van der Waals surface area (Å²) in [4.78, 5) is 21.0. The van der Waals surface area contributed by atoms with Crippen molar-refractivity contribution < 1.29 is 23.2 Å². The molecule has 1 aromatic carbocycles. The summed E-state index contributed by atoms with van der Waals surface area (Å²) in [5.74, 6) is -1.23. The average Bonchev–Trinajstić information content (AvgIpc) is 2.89. The highest BCUT2D eigenvalue weighted by Gasteiger charge is 2.39. The van der Waals surface area contributed by atoms with E-state index >= 15 is 0 Å². The minimum atomic E-state index is -3.78. The van der Waals surface area contributed by atoms with Crippen LogP contribution in [-0.4, -0.2) is 46.4 Å². The average molecular weight is 332 g/mol. The van der Waals surface area contributed by atoms with Gasteiger partial charge in [0.25, 0.3) is 5.69 Å². The number of hydrogen-bond donors (Lipinski definition) is 1. The molecule has 21 heavy (non-hydrogen) atoms. The molecule has 10 heteroatoms. The van der Waals surface area contributed by atoms with Crippen LogP contribution in [0.25, 0.3) is 0 Å². The first-order valence-electron chi connectivity index (χ1n) is 5.84. The maximum atomic E-state index is 12.3. The van der Waals surface area contributed by atoms with Gasteiger partial charge in [-0.25, -0.2) is 8.42 Å². The van der Waals surface area contributed by atoms with Crippen LogP contribution in [0.3, 0.4) is 0 Å². The number of sulfonamides is 1. The van der Waals surface area contributed by atoms with Crippen LogP contribution < -0.4 is 0 Å². The first-order chi connectivity index (χ1) is 9.81. The molecule has 114 valence electrons. The third-order valence-corrected chi connectivity index (χ3v) is 5.95. The number of aliphatic carboxylic acids is 1. The predicted molar refractivity (Wildman–Crippen MR) is 76.3 cm³/mol. The molecule has 0 amide bonds. The second-order valence-corrected chi connectivity index (χ2v) is 7.34. The number of carboxylic acid groups (broad SMARTS) is 1. The Hall–Kier alpha value is -1.65. The second-order valence-electron chi connectivity index (χ2n) is 4.42. The monoisotopic (exact) mass is 332 g/mol. The van der Waals surface area contributed by atoms with Gasteiger partial charge in [0.05, 0.1) is 16.6 Å². The first kappa shape index (κ1) is 15.7. The number of rotatable bonds is 5. The fourth-order valence-corrected chi connectivity index (χ4v) is 5.21. The van der Waals surface area contributed by atoms with Crippen molar-refractivity contribution in [2.75, 3.05) is 11.6 Å². The number of nitro groups is 1. The van der Waals surface area contributed by atoms with E-state index in [0.717, 1.165) is 4.31 Å². The molecule has 1 aliphatic heterocycles. The molecule has 1 saturated heterocycles. The zero-order chi connectivity index (χ0) is 15.6. The molecule has 8 nitrogen and oxygen atoms in total. The highest BCUT2D eigenvalue weighted by atomic mass is 32.2. The van der Waals surface area contributed by atoms with Gasteiger partial charge in [0.15, 0.2) is 0 Å². The fourth-order valence-electron chi connectivity index (χ4n) is 1.90. The summed E-state index contributed by atoms with van der Waals surface area (Å²) in [5.41, 5.74) is 0.248. The number of nitrogens with zero attached hydrogens (tertiary/aromatic N) is 2. The Kier molecular flexibility index (Phi) is 4.49. The predicted octanol–water partition coefficient (Wildman–Crippen LogP) is 0.884. The first-order valence-corrected chi connectivity index (χ1v) is 8.61. The summed E-state index contributed by atoms with van der Waals surface area (Å²) in [6.45, 7) is 0. The summed E-state index contributed by atoms with van der Waals surface area (Å²) in [7, 11) is -3.78. The Morgan fingerprint density at radius 2 is 2.05 bits per heavy atom. The van der Waals surface area contributed by atoms with Crippen molar-refractivity contribution >= 4 is 33.4 Å². The molecule has 1 aromatic rings. The summed E-state index contributed by atoms with van der Waals surface area (Å²) in [6, 6.07) is 4.10. The molecule has 2 rings (SSSR count). The Morgan fingerprint density at radius 3 is 2.57 bits per heavy atom. The molecule has 0 saturated carbocycles. The number of thioether (sulfide) groups is 1. The molecule has 0 radical (unpaired) electrons. The van der Waals surface area contributed by atoms with Crippen LogP contribution in [0.5, 0.6) is 0 Å². The van der Waals surface area contributed by atoms with Crippen LogP contribution in [0.4, 0.5) is 5.69 Å². The Bertz CT molecular complexity index is 658. The van der Waals surface area contributed by atoms with Gasteiger partial charge < -0.3 is 5.11 Å². The van der Waals surface area contributed by atoms with Crippen LogP contribution in [-0.2, 0) is 20.6 Å². The van der Waals surface area contributed by atoms with E-state index in [2.05, 4.69) is 0 Å². The van der Waals surface area contributed by atoms with Crippen molar-refractivity contribution in [2.45, 2.75) is 11.8 Å². The minimum absolute atomic E-state index is 0.103. The lowest BCUT2D eigenvalue weighted by molar-refractivity contribution is -0.384. The lowest BCUT2D eigenvalue weighted by atomic mass is 10.2. The Morgan fingerprint density at radius 1 is 1.43 bits per heavy atom. The summed E-state index contributed by atoms with van der Waals surface area (Å²) in [6.07, 6.45) is 0. The number of non-ortho nitro benzene ring substituents is 1. The van der Waals surface area contributed by atoms with Gasteiger partial charge in [0, 0.05) is 17.9 Å². The number of hydrogen-bond acceptors (Lipinski definition) is 6. The van der Waals surface area contributed by atoms with Gasteiger partial charge in [0.1, 0.15) is 6.04 Å². The van der Waals surface area contributed by atoms with Crippen LogP contribution >= 0.6 is 11.8 Å². The molecule has 1 atom stereocenters. The Balaban J connectivity index is 2.17.